The molecule has 2 amide bonds. The topological polar surface area (TPSA) is 128 Å². The fourth-order valence-electron chi connectivity index (χ4n) is 5.20. The van der Waals surface area contributed by atoms with Gasteiger partial charge in [0.15, 0.2) is 11.6 Å². The number of hydrogen-bond donors (Lipinski definition) is 2. The van der Waals surface area contributed by atoms with Crippen LogP contribution in [0.3, 0.4) is 0 Å². The van der Waals surface area contributed by atoms with Gasteiger partial charge in [0.2, 0.25) is 11.8 Å². The fraction of sp³-hybridized carbons (Fsp3) is 0.292. The standard InChI is InChI=1S/C24H21BrFN7O3/c1-36-17-7-12-15(8-13(17)26)32(23-21(12)22(27)28-10-29-23)9-20(34)33-14-5-11(14)6-16(33)24(35)31-19-4-2-3-18(25)30-19/h2-4,7-8,10-11,14,16H,5-6,9H2,1H3,(H2,27,28,29)(H,30,31,35)/t11-,14?,16+/m1/s1. The summed E-state index contributed by atoms with van der Waals surface area (Å²) in [5.74, 6) is -0.156. The quantitative estimate of drug-likeness (QED) is 0.363. The second-order valence-corrected chi connectivity index (χ2v) is 9.81. The largest absolute Gasteiger partial charge is 0.494 e. The number of fused-ring (bicyclic) bond motifs is 4. The number of likely N-dealkylation sites (tertiary alicyclic amines) is 1. The third-order valence-corrected chi connectivity index (χ3v) is 7.34. The van der Waals surface area contributed by atoms with E-state index in [1.165, 1.54) is 25.6 Å². The normalized spacial score (nSPS) is 20.5. The molecule has 1 aromatic carbocycles. The number of aromatic nitrogens is 4. The maximum Gasteiger partial charge on any atom is 0.248 e. The number of halogens is 2. The van der Waals surface area contributed by atoms with Gasteiger partial charge >= 0.3 is 0 Å². The van der Waals surface area contributed by atoms with E-state index in [2.05, 4.69) is 36.2 Å². The lowest BCUT2D eigenvalue weighted by Gasteiger charge is -2.27. The van der Waals surface area contributed by atoms with Gasteiger partial charge in [-0.3, -0.25) is 9.59 Å². The zero-order valence-corrected chi connectivity index (χ0v) is 20.7. The fourth-order valence-corrected chi connectivity index (χ4v) is 5.55. The van der Waals surface area contributed by atoms with E-state index in [0.29, 0.717) is 38.8 Å². The summed E-state index contributed by atoms with van der Waals surface area (Å²) in [6, 6.07) is 7.44. The molecule has 3 aromatic heterocycles. The van der Waals surface area contributed by atoms with Crippen molar-refractivity contribution in [1.82, 2.24) is 24.4 Å². The maximum absolute atomic E-state index is 14.7. The SMILES string of the molecule is COc1cc2c3c(N)ncnc3n(CC(=O)N3C4C[C@@H]4C[C@H]3C(=O)Nc3cccc(Br)n3)c2cc1F. The number of rotatable bonds is 5. The second-order valence-electron chi connectivity index (χ2n) is 9.00. The van der Waals surface area contributed by atoms with E-state index < -0.39 is 11.9 Å². The van der Waals surface area contributed by atoms with Gasteiger partial charge in [-0.2, -0.15) is 0 Å². The van der Waals surface area contributed by atoms with E-state index in [1.807, 2.05) is 0 Å². The van der Waals surface area contributed by atoms with Crippen LogP contribution in [0.25, 0.3) is 21.9 Å². The van der Waals surface area contributed by atoms with E-state index in [9.17, 15) is 14.0 Å². The van der Waals surface area contributed by atoms with Crippen molar-refractivity contribution in [2.24, 2.45) is 5.92 Å². The van der Waals surface area contributed by atoms with Gasteiger partial charge in [0.05, 0.1) is 18.0 Å². The van der Waals surface area contributed by atoms with Crippen LogP contribution >= 0.6 is 15.9 Å². The first kappa shape index (κ1) is 22.7. The average molecular weight is 554 g/mol. The number of pyridine rings is 1. The van der Waals surface area contributed by atoms with Gasteiger partial charge in [-0.1, -0.05) is 6.07 Å². The molecule has 1 saturated carbocycles. The second kappa shape index (κ2) is 8.40. The Kier molecular flexibility index (Phi) is 5.29. The highest BCUT2D eigenvalue weighted by Gasteiger charge is 2.56. The minimum Gasteiger partial charge on any atom is -0.494 e. The molecule has 1 aliphatic heterocycles. The molecule has 1 aliphatic carbocycles. The van der Waals surface area contributed by atoms with E-state index >= 15 is 0 Å². The monoisotopic (exact) mass is 553 g/mol. The number of amides is 2. The van der Waals surface area contributed by atoms with Crippen molar-refractivity contribution in [1.29, 1.82) is 0 Å². The molecule has 4 aromatic rings. The Balaban J connectivity index is 1.35. The lowest BCUT2D eigenvalue weighted by Crippen LogP contribution is -2.46. The first-order valence-corrected chi connectivity index (χ1v) is 12.2. The molecule has 4 heterocycles. The summed E-state index contributed by atoms with van der Waals surface area (Å²) in [6.07, 6.45) is 2.75. The predicted octanol–water partition coefficient (Wildman–Crippen LogP) is 3.10. The third-order valence-electron chi connectivity index (χ3n) is 6.90. The van der Waals surface area contributed by atoms with Crippen molar-refractivity contribution in [3.63, 3.8) is 0 Å². The number of carbonyl (C=O) groups excluding carboxylic acids is 2. The first-order valence-electron chi connectivity index (χ1n) is 11.4. The molecule has 6 rings (SSSR count). The molecular formula is C24H21BrFN7O3. The smallest absolute Gasteiger partial charge is 0.248 e. The molecule has 0 spiro atoms. The van der Waals surface area contributed by atoms with Crippen molar-refractivity contribution in [3.05, 3.63) is 47.1 Å². The molecule has 3 atom stereocenters. The molecule has 2 fully saturated rings. The van der Waals surface area contributed by atoms with Gasteiger partial charge < -0.3 is 25.3 Å². The maximum atomic E-state index is 14.7. The van der Waals surface area contributed by atoms with Crippen LogP contribution in [-0.2, 0) is 16.1 Å². The van der Waals surface area contributed by atoms with Crippen molar-refractivity contribution < 1.29 is 18.7 Å². The molecule has 12 heteroatoms. The van der Waals surface area contributed by atoms with E-state index in [-0.39, 0.29) is 41.9 Å². The molecule has 10 nitrogen and oxygen atoms in total. The number of nitrogen functional groups attached to an aromatic ring is 1. The molecular weight excluding hydrogens is 533 g/mol. The number of nitrogens with one attached hydrogen (secondary N) is 1. The van der Waals surface area contributed by atoms with Crippen LogP contribution in [-0.4, -0.2) is 55.4 Å². The summed E-state index contributed by atoms with van der Waals surface area (Å²) in [5, 5.41) is 3.91. The number of ether oxygens (including phenoxy) is 1. The molecule has 1 unspecified atom stereocenters. The number of carbonyl (C=O) groups is 2. The summed E-state index contributed by atoms with van der Waals surface area (Å²) in [4.78, 5) is 41.1. The zero-order chi connectivity index (χ0) is 25.1. The molecule has 3 N–H and O–H groups in total. The van der Waals surface area contributed by atoms with Crippen LogP contribution in [0.5, 0.6) is 5.75 Å². The molecule has 0 bridgehead atoms. The highest BCUT2D eigenvalue weighted by Crippen LogP contribution is 2.48. The van der Waals surface area contributed by atoms with Gasteiger partial charge in [-0.15, -0.1) is 0 Å². The number of methoxy groups -OCH3 is 1. The zero-order valence-electron chi connectivity index (χ0n) is 19.1. The van der Waals surface area contributed by atoms with E-state index in [1.54, 1.807) is 27.7 Å². The van der Waals surface area contributed by atoms with Crippen molar-refractivity contribution in [2.45, 2.75) is 31.5 Å². The van der Waals surface area contributed by atoms with Gasteiger partial charge in [0, 0.05) is 17.5 Å². The van der Waals surface area contributed by atoms with Crippen LogP contribution in [0.2, 0.25) is 0 Å². The lowest BCUT2D eigenvalue weighted by molar-refractivity contribution is -0.138. The molecule has 184 valence electrons. The van der Waals surface area contributed by atoms with Gasteiger partial charge in [0.25, 0.3) is 0 Å². The Morgan fingerprint density at radius 1 is 1.28 bits per heavy atom. The Bertz CT molecular complexity index is 1560. The van der Waals surface area contributed by atoms with Crippen molar-refractivity contribution in [2.75, 3.05) is 18.2 Å². The number of nitrogens with two attached hydrogens (primary N) is 1. The highest BCUT2D eigenvalue weighted by atomic mass is 79.9. The summed E-state index contributed by atoms with van der Waals surface area (Å²) < 4.78 is 22.0. The number of nitrogens with zero attached hydrogens (tertiary/aromatic N) is 5. The van der Waals surface area contributed by atoms with Crippen molar-refractivity contribution >= 4 is 61.3 Å². The number of piperidine rings is 1. The number of anilines is 2. The average Bonchev–Trinajstić information content (AvgIpc) is 3.40. The summed E-state index contributed by atoms with van der Waals surface area (Å²) >= 11 is 3.30. The number of benzene rings is 1. The van der Waals surface area contributed by atoms with Crippen molar-refractivity contribution in [3.8, 4) is 5.75 Å². The highest BCUT2D eigenvalue weighted by molar-refractivity contribution is 9.10. The summed E-state index contributed by atoms with van der Waals surface area (Å²) in [7, 11) is 1.38. The Morgan fingerprint density at radius 2 is 2.11 bits per heavy atom. The third kappa shape index (κ3) is 3.63. The van der Waals surface area contributed by atoms with Crippen LogP contribution in [0.4, 0.5) is 16.0 Å². The van der Waals surface area contributed by atoms with Gasteiger partial charge in [-0.05, 0) is 52.9 Å². The van der Waals surface area contributed by atoms with Crippen LogP contribution in [0.15, 0.2) is 41.3 Å². The Morgan fingerprint density at radius 3 is 2.89 bits per heavy atom. The molecule has 2 aliphatic rings. The number of hydrogen-bond acceptors (Lipinski definition) is 7. The van der Waals surface area contributed by atoms with Crippen LogP contribution in [0, 0.1) is 11.7 Å². The molecule has 1 saturated heterocycles. The lowest BCUT2D eigenvalue weighted by atomic mass is 10.1. The van der Waals surface area contributed by atoms with Crippen LogP contribution < -0.4 is 15.8 Å². The summed E-state index contributed by atoms with van der Waals surface area (Å²) in [6.45, 7) is -0.135. The van der Waals surface area contributed by atoms with Gasteiger partial charge in [-0.25, -0.2) is 19.3 Å². The van der Waals surface area contributed by atoms with E-state index in [4.69, 9.17) is 10.5 Å². The minimum absolute atomic E-state index is 0.00772. The molecule has 36 heavy (non-hydrogen) atoms. The predicted molar refractivity (Wildman–Crippen MR) is 134 cm³/mol. The Hall–Kier alpha value is -3.80. The van der Waals surface area contributed by atoms with Crippen LogP contribution in [0.1, 0.15) is 12.8 Å². The Labute approximate surface area is 212 Å². The molecule has 0 radical (unpaired) electrons. The summed E-state index contributed by atoms with van der Waals surface area (Å²) in [5.41, 5.74) is 6.98. The van der Waals surface area contributed by atoms with Gasteiger partial charge in [0.1, 0.15) is 40.8 Å². The van der Waals surface area contributed by atoms with E-state index in [0.717, 1.165) is 6.42 Å². The first-order chi connectivity index (χ1) is 17.4. The minimum atomic E-state index is -0.619.